The summed E-state index contributed by atoms with van der Waals surface area (Å²) in [6.07, 6.45) is 1.32. The molecule has 178 valence electrons. The fraction of sp³-hybridized carbons (Fsp3) is 0.0741. The molecule has 3 aromatic carbocycles. The Bertz CT molecular complexity index is 1710. The van der Waals surface area contributed by atoms with E-state index in [1.165, 1.54) is 10.9 Å². The van der Waals surface area contributed by atoms with Crippen LogP contribution in [0.1, 0.15) is 15.9 Å². The molecule has 0 bridgehead atoms. The molecule has 2 amide bonds. The Balaban J connectivity index is 1.38. The molecule has 36 heavy (non-hydrogen) atoms. The van der Waals surface area contributed by atoms with Crippen molar-refractivity contribution < 1.29 is 9.59 Å². The van der Waals surface area contributed by atoms with E-state index in [9.17, 15) is 14.4 Å². The first-order chi connectivity index (χ1) is 17.4. The number of carbonyl (C=O) groups excluding carboxylic acids is 2. The molecule has 0 fully saturated rings. The molecule has 2 heterocycles. The number of halogens is 1. The Labute approximate surface area is 210 Å². The summed E-state index contributed by atoms with van der Waals surface area (Å²) in [5.41, 5.74) is 8.07. The van der Waals surface area contributed by atoms with Gasteiger partial charge in [0.15, 0.2) is 0 Å². The number of nitrogens with one attached hydrogen (secondary N) is 2. The zero-order valence-electron chi connectivity index (χ0n) is 19.2. The van der Waals surface area contributed by atoms with Crippen LogP contribution >= 0.6 is 11.6 Å². The van der Waals surface area contributed by atoms with Gasteiger partial charge in [0, 0.05) is 16.0 Å². The Morgan fingerprint density at radius 1 is 0.944 bits per heavy atom. The quantitative estimate of drug-likeness (QED) is 0.365. The number of amides is 2. The fourth-order valence-corrected chi connectivity index (χ4v) is 4.24. The number of benzene rings is 3. The van der Waals surface area contributed by atoms with Crippen LogP contribution in [0, 0.1) is 6.92 Å². The topological polar surface area (TPSA) is 106 Å². The zero-order chi connectivity index (χ0) is 25.2. The lowest BCUT2D eigenvalue weighted by atomic mass is 10.0. The van der Waals surface area contributed by atoms with Gasteiger partial charge < -0.3 is 0 Å². The van der Waals surface area contributed by atoms with Gasteiger partial charge in [0.1, 0.15) is 6.54 Å². The second-order valence-electron chi connectivity index (χ2n) is 8.20. The van der Waals surface area contributed by atoms with Gasteiger partial charge in [-0.05, 0) is 36.8 Å². The first-order valence-corrected chi connectivity index (χ1v) is 11.5. The van der Waals surface area contributed by atoms with Crippen molar-refractivity contribution in [3.63, 3.8) is 0 Å². The molecule has 0 unspecified atom stereocenters. The van der Waals surface area contributed by atoms with Gasteiger partial charge in [0.25, 0.3) is 17.4 Å². The van der Waals surface area contributed by atoms with Gasteiger partial charge in [-0.25, -0.2) is 9.97 Å². The Morgan fingerprint density at radius 3 is 2.53 bits per heavy atom. The van der Waals surface area contributed by atoms with E-state index in [1.54, 1.807) is 42.5 Å². The number of fused-ring (bicyclic) bond motifs is 2. The summed E-state index contributed by atoms with van der Waals surface area (Å²) >= 11 is 6.35. The summed E-state index contributed by atoms with van der Waals surface area (Å²) in [5.74, 6) is -1.11. The minimum atomic E-state index is -0.580. The summed E-state index contributed by atoms with van der Waals surface area (Å²) in [4.78, 5) is 47.4. The molecule has 0 spiro atoms. The van der Waals surface area contributed by atoms with Gasteiger partial charge in [0.2, 0.25) is 0 Å². The molecular weight excluding hydrogens is 478 g/mol. The Morgan fingerprint density at radius 2 is 1.69 bits per heavy atom. The highest BCUT2D eigenvalue weighted by Gasteiger charge is 2.16. The fourth-order valence-electron chi connectivity index (χ4n) is 4.01. The third-order valence-electron chi connectivity index (χ3n) is 5.80. The molecule has 0 aliphatic carbocycles. The molecule has 5 aromatic rings. The van der Waals surface area contributed by atoms with Crippen LogP contribution in [0.5, 0.6) is 0 Å². The molecular formula is C27H20ClN5O3. The van der Waals surface area contributed by atoms with E-state index >= 15 is 0 Å². The van der Waals surface area contributed by atoms with Crippen LogP contribution < -0.4 is 16.4 Å². The smallest absolute Gasteiger partial charge is 0.270 e. The molecule has 0 atom stereocenters. The average molecular weight is 498 g/mol. The van der Waals surface area contributed by atoms with Crippen molar-refractivity contribution in [2.24, 2.45) is 0 Å². The van der Waals surface area contributed by atoms with E-state index in [0.717, 1.165) is 5.56 Å². The van der Waals surface area contributed by atoms with Crippen molar-refractivity contribution in [3.8, 4) is 11.3 Å². The van der Waals surface area contributed by atoms with Crippen molar-refractivity contribution in [2.45, 2.75) is 13.5 Å². The van der Waals surface area contributed by atoms with Gasteiger partial charge in [-0.3, -0.25) is 29.8 Å². The van der Waals surface area contributed by atoms with E-state index in [1.807, 2.05) is 37.3 Å². The first-order valence-electron chi connectivity index (χ1n) is 11.1. The largest absolute Gasteiger partial charge is 0.289 e. The molecule has 9 heteroatoms. The number of nitrogens with zero attached hydrogens (tertiary/aromatic N) is 3. The van der Waals surface area contributed by atoms with E-state index in [-0.39, 0.29) is 12.1 Å². The van der Waals surface area contributed by atoms with E-state index in [2.05, 4.69) is 20.8 Å². The predicted octanol–water partition coefficient (Wildman–Crippen LogP) is 4.03. The number of para-hydroxylation sites is 2. The van der Waals surface area contributed by atoms with Crippen LogP contribution in [-0.2, 0) is 11.3 Å². The van der Waals surface area contributed by atoms with Crippen LogP contribution in [0.15, 0.2) is 83.9 Å². The highest BCUT2D eigenvalue weighted by atomic mass is 35.5. The molecule has 0 aliphatic heterocycles. The maximum Gasteiger partial charge on any atom is 0.270 e. The van der Waals surface area contributed by atoms with Gasteiger partial charge in [-0.1, -0.05) is 60.1 Å². The summed E-state index contributed by atoms with van der Waals surface area (Å²) in [7, 11) is 0. The van der Waals surface area contributed by atoms with Crippen LogP contribution in [0.25, 0.3) is 33.1 Å². The van der Waals surface area contributed by atoms with Crippen molar-refractivity contribution >= 4 is 45.2 Å². The predicted molar refractivity (Wildman–Crippen MR) is 139 cm³/mol. The number of hydrazine groups is 1. The lowest BCUT2D eigenvalue weighted by Crippen LogP contribution is -2.44. The second kappa shape index (κ2) is 9.59. The van der Waals surface area contributed by atoms with Crippen molar-refractivity contribution in [1.82, 2.24) is 25.4 Å². The maximum atomic E-state index is 13.1. The lowest BCUT2D eigenvalue weighted by molar-refractivity contribution is -0.122. The van der Waals surface area contributed by atoms with Crippen LogP contribution in [0.4, 0.5) is 0 Å². The van der Waals surface area contributed by atoms with Gasteiger partial charge >= 0.3 is 0 Å². The molecule has 2 N–H and O–H groups in total. The molecule has 5 rings (SSSR count). The Kier molecular flexibility index (Phi) is 6.18. The van der Waals surface area contributed by atoms with Gasteiger partial charge in [-0.15, -0.1) is 0 Å². The summed E-state index contributed by atoms with van der Waals surface area (Å²) in [5, 5.41) is 1.54. The summed E-state index contributed by atoms with van der Waals surface area (Å²) < 4.78 is 1.20. The van der Waals surface area contributed by atoms with E-state index in [0.29, 0.717) is 43.6 Å². The van der Waals surface area contributed by atoms with Crippen LogP contribution in [0.2, 0.25) is 5.02 Å². The van der Waals surface area contributed by atoms with Crippen LogP contribution in [0.3, 0.4) is 0 Å². The normalized spacial score (nSPS) is 10.9. The third kappa shape index (κ3) is 4.42. The van der Waals surface area contributed by atoms with Crippen LogP contribution in [-0.4, -0.2) is 26.3 Å². The van der Waals surface area contributed by atoms with Gasteiger partial charge in [-0.2, -0.15) is 0 Å². The summed E-state index contributed by atoms with van der Waals surface area (Å²) in [6, 6.07) is 21.3. The molecule has 8 nitrogen and oxygen atoms in total. The monoisotopic (exact) mass is 497 g/mol. The number of rotatable bonds is 4. The molecule has 0 radical (unpaired) electrons. The Hall–Kier alpha value is -4.56. The number of carbonyl (C=O) groups is 2. The number of aryl methyl sites for hydroxylation is 1. The number of pyridine rings is 1. The highest BCUT2D eigenvalue weighted by Crippen LogP contribution is 2.29. The van der Waals surface area contributed by atoms with Crippen molar-refractivity contribution in [3.05, 3.63) is 106 Å². The minimum Gasteiger partial charge on any atom is -0.289 e. The molecule has 0 saturated heterocycles. The molecule has 0 saturated carbocycles. The maximum absolute atomic E-state index is 13.1. The lowest BCUT2D eigenvalue weighted by Gasteiger charge is -2.12. The number of aromatic nitrogens is 3. The average Bonchev–Trinajstić information content (AvgIpc) is 2.89. The number of hydrogen-bond donors (Lipinski definition) is 2. The highest BCUT2D eigenvalue weighted by molar-refractivity contribution is 6.33. The van der Waals surface area contributed by atoms with Crippen molar-refractivity contribution in [1.29, 1.82) is 0 Å². The standard InChI is InChI=1S/C27H20ClN5O3/c1-16-7-6-10-19-25(16)29-15-33(27(19)36)14-24(34)31-32-26(35)20-13-23(18-9-2-4-11-21(18)28)30-22-12-5-3-8-17(20)22/h2-13,15H,14H2,1H3,(H,31,34)(H,32,35). The van der Waals surface area contributed by atoms with E-state index < -0.39 is 11.8 Å². The zero-order valence-corrected chi connectivity index (χ0v) is 19.9. The third-order valence-corrected chi connectivity index (χ3v) is 6.12. The van der Waals surface area contributed by atoms with Crippen molar-refractivity contribution in [2.75, 3.05) is 0 Å². The SMILES string of the molecule is Cc1cccc2c(=O)n(CC(=O)NNC(=O)c3cc(-c4ccccc4Cl)nc4ccccc34)cnc12. The van der Waals surface area contributed by atoms with Gasteiger partial charge in [0.05, 0.1) is 34.0 Å². The van der Waals surface area contributed by atoms with E-state index in [4.69, 9.17) is 11.6 Å². The first kappa shape index (κ1) is 23.2. The minimum absolute atomic E-state index is 0.308. The molecule has 0 aliphatic rings. The molecule has 2 aromatic heterocycles. The summed E-state index contributed by atoms with van der Waals surface area (Å²) in [6.45, 7) is 1.55. The number of hydrogen-bond acceptors (Lipinski definition) is 5. The second-order valence-corrected chi connectivity index (χ2v) is 8.61.